The second kappa shape index (κ2) is 9.21. The highest BCUT2D eigenvalue weighted by molar-refractivity contribution is 5.98. The summed E-state index contributed by atoms with van der Waals surface area (Å²) in [5.74, 6) is -0.352. The van der Waals surface area contributed by atoms with Gasteiger partial charge in [-0.15, -0.1) is 0 Å². The second-order valence-electron chi connectivity index (χ2n) is 8.03. The Morgan fingerprint density at radius 1 is 0.750 bits per heavy atom. The van der Waals surface area contributed by atoms with E-state index in [0.29, 0.717) is 31.9 Å². The maximum absolute atomic E-state index is 12.9. The minimum absolute atomic E-state index is 0.0914. The van der Waals surface area contributed by atoms with Crippen molar-refractivity contribution in [2.24, 2.45) is 0 Å². The van der Waals surface area contributed by atoms with Crippen molar-refractivity contribution in [1.82, 2.24) is 4.90 Å². The number of nitro benzene ring substituents is 2. The SMILES string of the molecule is O=C(c1ccccc1[N+](=O)[O-])N1CCN(c2ccc([N+](=O)[O-])c(N3CCCCC3)c2)CC1. The van der Waals surface area contributed by atoms with Crippen LogP contribution in [-0.4, -0.2) is 59.9 Å². The number of rotatable bonds is 5. The molecule has 10 nitrogen and oxygen atoms in total. The predicted molar refractivity (Wildman–Crippen MR) is 120 cm³/mol. The molecule has 32 heavy (non-hydrogen) atoms. The van der Waals surface area contributed by atoms with Crippen molar-refractivity contribution in [3.8, 4) is 0 Å². The van der Waals surface area contributed by atoms with Gasteiger partial charge in [-0.1, -0.05) is 12.1 Å². The van der Waals surface area contributed by atoms with E-state index in [4.69, 9.17) is 0 Å². The molecule has 168 valence electrons. The molecule has 10 heteroatoms. The first-order valence-corrected chi connectivity index (χ1v) is 10.8. The number of carbonyl (C=O) groups excluding carboxylic acids is 1. The van der Waals surface area contributed by atoms with E-state index in [1.807, 2.05) is 6.07 Å². The number of nitrogens with zero attached hydrogens (tertiary/aromatic N) is 5. The number of hydrogen-bond donors (Lipinski definition) is 0. The summed E-state index contributed by atoms with van der Waals surface area (Å²) in [5, 5.41) is 22.8. The molecule has 0 N–H and O–H groups in total. The maximum Gasteiger partial charge on any atom is 0.292 e. The van der Waals surface area contributed by atoms with Crippen molar-refractivity contribution in [2.45, 2.75) is 19.3 Å². The van der Waals surface area contributed by atoms with Gasteiger partial charge in [-0.05, 0) is 37.5 Å². The molecule has 2 aliphatic heterocycles. The van der Waals surface area contributed by atoms with Crippen molar-refractivity contribution in [3.05, 3.63) is 68.3 Å². The minimum Gasteiger partial charge on any atom is -0.368 e. The summed E-state index contributed by atoms with van der Waals surface area (Å²) >= 11 is 0. The highest BCUT2D eigenvalue weighted by atomic mass is 16.6. The molecular weight excluding hydrogens is 414 g/mol. The van der Waals surface area contributed by atoms with E-state index < -0.39 is 4.92 Å². The van der Waals surface area contributed by atoms with Crippen LogP contribution >= 0.6 is 0 Å². The molecule has 1 amide bonds. The Bertz CT molecular complexity index is 1030. The highest BCUT2D eigenvalue weighted by Crippen LogP contribution is 2.34. The lowest BCUT2D eigenvalue weighted by Gasteiger charge is -2.36. The van der Waals surface area contributed by atoms with E-state index in [1.54, 1.807) is 29.2 Å². The monoisotopic (exact) mass is 439 g/mol. The Balaban J connectivity index is 1.49. The summed E-state index contributed by atoms with van der Waals surface area (Å²) in [6, 6.07) is 11.2. The normalized spacial score (nSPS) is 16.7. The van der Waals surface area contributed by atoms with Gasteiger partial charge in [0.25, 0.3) is 17.3 Å². The van der Waals surface area contributed by atoms with Crippen LogP contribution in [0.2, 0.25) is 0 Å². The molecule has 0 atom stereocenters. The molecule has 0 unspecified atom stereocenters. The summed E-state index contributed by atoms with van der Waals surface area (Å²) in [5.41, 5.74) is 1.54. The topological polar surface area (TPSA) is 113 Å². The van der Waals surface area contributed by atoms with Crippen LogP contribution in [0.1, 0.15) is 29.6 Å². The number of benzene rings is 2. The largest absolute Gasteiger partial charge is 0.368 e. The molecule has 0 saturated carbocycles. The smallest absolute Gasteiger partial charge is 0.292 e. The average Bonchev–Trinajstić information content (AvgIpc) is 2.83. The molecule has 2 aromatic carbocycles. The molecule has 4 rings (SSSR count). The predicted octanol–water partition coefficient (Wildman–Crippen LogP) is 3.46. The van der Waals surface area contributed by atoms with E-state index in [1.165, 1.54) is 12.1 Å². The third-order valence-electron chi connectivity index (χ3n) is 6.12. The number of anilines is 2. The zero-order chi connectivity index (χ0) is 22.7. The fourth-order valence-electron chi connectivity index (χ4n) is 4.40. The first-order chi connectivity index (χ1) is 15.5. The molecule has 0 aromatic heterocycles. The Morgan fingerprint density at radius 2 is 1.41 bits per heavy atom. The van der Waals surface area contributed by atoms with E-state index in [-0.39, 0.29) is 27.8 Å². The summed E-state index contributed by atoms with van der Waals surface area (Å²) < 4.78 is 0. The zero-order valence-corrected chi connectivity index (χ0v) is 17.7. The highest BCUT2D eigenvalue weighted by Gasteiger charge is 2.28. The molecule has 2 saturated heterocycles. The van der Waals surface area contributed by atoms with Crippen molar-refractivity contribution in [2.75, 3.05) is 49.1 Å². The number of amides is 1. The van der Waals surface area contributed by atoms with Crippen LogP contribution in [0, 0.1) is 20.2 Å². The molecule has 0 aliphatic carbocycles. The van der Waals surface area contributed by atoms with Crippen molar-refractivity contribution in [1.29, 1.82) is 0 Å². The number of piperidine rings is 1. The maximum atomic E-state index is 12.9. The first-order valence-electron chi connectivity index (χ1n) is 10.8. The third-order valence-corrected chi connectivity index (χ3v) is 6.12. The van der Waals surface area contributed by atoms with E-state index >= 15 is 0 Å². The third kappa shape index (κ3) is 4.34. The lowest BCUT2D eigenvalue weighted by atomic mass is 10.1. The van der Waals surface area contributed by atoms with Gasteiger partial charge in [0.1, 0.15) is 11.3 Å². The Labute approximate surface area is 185 Å². The minimum atomic E-state index is -0.539. The Morgan fingerprint density at radius 3 is 2.06 bits per heavy atom. The van der Waals surface area contributed by atoms with Crippen LogP contribution in [0.3, 0.4) is 0 Å². The summed E-state index contributed by atoms with van der Waals surface area (Å²) in [7, 11) is 0. The molecule has 2 aromatic rings. The average molecular weight is 439 g/mol. The van der Waals surface area contributed by atoms with Gasteiger partial charge in [0.2, 0.25) is 0 Å². The van der Waals surface area contributed by atoms with Gasteiger partial charge < -0.3 is 14.7 Å². The van der Waals surface area contributed by atoms with Crippen molar-refractivity contribution in [3.63, 3.8) is 0 Å². The Hall–Kier alpha value is -3.69. The number of para-hydroxylation sites is 1. The van der Waals surface area contributed by atoms with Crippen molar-refractivity contribution < 1.29 is 14.6 Å². The lowest BCUT2D eigenvalue weighted by Crippen LogP contribution is -2.49. The van der Waals surface area contributed by atoms with Gasteiger partial charge in [0, 0.05) is 57.1 Å². The van der Waals surface area contributed by atoms with Gasteiger partial charge >= 0.3 is 0 Å². The number of nitro groups is 2. The summed E-state index contributed by atoms with van der Waals surface area (Å²) in [6.45, 7) is 3.54. The summed E-state index contributed by atoms with van der Waals surface area (Å²) in [6.07, 6.45) is 3.18. The van der Waals surface area contributed by atoms with Crippen LogP contribution in [0.15, 0.2) is 42.5 Å². The van der Waals surface area contributed by atoms with E-state index in [9.17, 15) is 25.0 Å². The van der Waals surface area contributed by atoms with Crippen LogP contribution in [0.5, 0.6) is 0 Å². The van der Waals surface area contributed by atoms with Crippen LogP contribution in [0.25, 0.3) is 0 Å². The second-order valence-corrected chi connectivity index (χ2v) is 8.03. The molecule has 2 aliphatic rings. The molecule has 0 bridgehead atoms. The quantitative estimate of drug-likeness (QED) is 0.518. The first kappa shape index (κ1) is 21.5. The van der Waals surface area contributed by atoms with E-state index in [0.717, 1.165) is 38.0 Å². The lowest BCUT2D eigenvalue weighted by molar-refractivity contribution is -0.385. The number of piperazine rings is 1. The van der Waals surface area contributed by atoms with E-state index in [2.05, 4.69) is 9.80 Å². The van der Waals surface area contributed by atoms with Gasteiger partial charge in [0.15, 0.2) is 0 Å². The molecule has 0 radical (unpaired) electrons. The number of hydrogen-bond acceptors (Lipinski definition) is 7. The van der Waals surface area contributed by atoms with Crippen molar-refractivity contribution >= 4 is 28.7 Å². The molecule has 0 spiro atoms. The fourth-order valence-corrected chi connectivity index (χ4v) is 4.40. The zero-order valence-electron chi connectivity index (χ0n) is 17.7. The fraction of sp³-hybridized carbons (Fsp3) is 0.409. The molecular formula is C22H25N5O5. The van der Waals surface area contributed by atoms with Crippen LogP contribution in [0.4, 0.5) is 22.7 Å². The van der Waals surface area contributed by atoms with Gasteiger partial charge in [-0.3, -0.25) is 25.0 Å². The molecule has 2 fully saturated rings. The summed E-state index contributed by atoms with van der Waals surface area (Å²) in [4.78, 5) is 40.6. The van der Waals surface area contributed by atoms with Gasteiger partial charge in [-0.2, -0.15) is 0 Å². The van der Waals surface area contributed by atoms with Crippen LogP contribution in [-0.2, 0) is 0 Å². The Kier molecular flexibility index (Phi) is 6.20. The van der Waals surface area contributed by atoms with Crippen LogP contribution < -0.4 is 9.80 Å². The standard InChI is InChI=1S/C22H25N5O5/c28-22(18-6-2-3-7-19(18)26(29)30)25-14-12-23(13-15-25)17-8-9-20(27(31)32)21(16-17)24-10-4-1-5-11-24/h2-3,6-9,16H,1,4-5,10-15H2. The number of carbonyl (C=O) groups is 1. The van der Waals surface area contributed by atoms with Gasteiger partial charge in [0.05, 0.1) is 9.85 Å². The molecule has 2 heterocycles. The van der Waals surface area contributed by atoms with Gasteiger partial charge in [-0.25, -0.2) is 0 Å².